The summed E-state index contributed by atoms with van der Waals surface area (Å²) in [5, 5.41) is 0. The normalized spacial score (nSPS) is 25.6. The second-order valence-electron chi connectivity index (χ2n) is 5.94. The number of hydrogen-bond donors (Lipinski definition) is 0. The van der Waals surface area contributed by atoms with Crippen molar-refractivity contribution in [3.8, 4) is 0 Å². The summed E-state index contributed by atoms with van der Waals surface area (Å²) in [4.78, 5) is 36.6. The Labute approximate surface area is 148 Å². The van der Waals surface area contributed by atoms with E-state index >= 15 is 0 Å². The van der Waals surface area contributed by atoms with Gasteiger partial charge in [0.2, 0.25) is 0 Å². The van der Waals surface area contributed by atoms with Crippen LogP contribution in [0.15, 0.2) is 0 Å². The average molecular weight is 383 g/mol. The summed E-state index contributed by atoms with van der Waals surface area (Å²) in [5.74, 6) is -2.22. The van der Waals surface area contributed by atoms with Crippen molar-refractivity contribution in [2.75, 3.05) is 11.6 Å². The van der Waals surface area contributed by atoms with E-state index in [0.717, 1.165) is 23.5 Å². The highest BCUT2D eigenvalue weighted by Gasteiger charge is 2.64. The van der Waals surface area contributed by atoms with E-state index in [1.54, 1.807) is 27.7 Å². The van der Waals surface area contributed by atoms with Gasteiger partial charge in [-0.1, -0.05) is 39.5 Å². The number of esters is 3. The van der Waals surface area contributed by atoms with Gasteiger partial charge in [-0.15, -0.1) is 11.6 Å². The minimum atomic E-state index is -1.49. The molecular weight excluding hydrogens is 364 g/mol. The summed E-state index contributed by atoms with van der Waals surface area (Å²) in [5.41, 5.74) is -1.91. The third kappa shape index (κ3) is 3.17. The molecule has 1 atom stereocenters. The van der Waals surface area contributed by atoms with Crippen molar-refractivity contribution in [2.24, 2.45) is 17.3 Å². The lowest BCUT2D eigenvalue weighted by molar-refractivity contribution is -0.222. The summed E-state index contributed by atoms with van der Waals surface area (Å²) in [6.07, 6.45) is 0. The molecule has 0 aromatic rings. The molecule has 2 heterocycles. The maximum absolute atomic E-state index is 12.7. The molecule has 0 aromatic carbocycles. The molecule has 1 spiro atoms. The van der Waals surface area contributed by atoms with Gasteiger partial charge in [0.25, 0.3) is 0 Å². The smallest absolute Gasteiger partial charge is 0.362 e. The predicted molar refractivity (Wildman–Crippen MR) is 87.7 cm³/mol. The molecule has 6 nitrogen and oxygen atoms in total. The van der Waals surface area contributed by atoms with Crippen LogP contribution in [0.3, 0.4) is 0 Å². The maximum atomic E-state index is 12.7. The van der Waals surface area contributed by atoms with E-state index < -0.39 is 33.2 Å². The quantitative estimate of drug-likeness (QED) is 0.417. The minimum Gasteiger partial charge on any atom is -0.449 e. The highest BCUT2D eigenvalue weighted by molar-refractivity contribution is 8.21. The van der Waals surface area contributed by atoms with Gasteiger partial charge in [-0.3, -0.25) is 14.4 Å². The summed E-state index contributed by atoms with van der Waals surface area (Å²) in [7, 11) is 0. The molecule has 1 unspecified atom stereocenters. The van der Waals surface area contributed by atoms with Gasteiger partial charge >= 0.3 is 22.4 Å². The van der Waals surface area contributed by atoms with Gasteiger partial charge in [0.1, 0.15) is 5.88 Å². The second kappa shape index (κ2) is 6.72. The number of alkyl halides is 1. The molecule has 2 aliphatic rings. The molecule has 2 fully saturated rings. The number of carbonyl (C=O) groups is 3. The summed E-state index contributed by atoms with van der Waals surface area (Å²) in [6.45, 7) is 7.17. The van der Waals surface area contributed by atoms with E-state index in [2.05, 4.69) is 0 Å². The zero-order chi connectivity index (χ0) is 17.4. The van der Waals surface area contributed by atoms with Crippen molar-refractivity contribution in [3.05, 3.63) is 0 Å². The van der Waals surface area contributed by atoms with Gasteiger partial charge < -0.3 is 14.2 Å². The van der Waals surface area contributed by atoms with Gasteiger partial charge in [-0.2, -0.15) is 0 Å². The summed E-state index contributed by atoms with van der Waals surface area (Å²) in [6, 6.07) is 0. The Hall–Kier alpha value is -0.600. The van der Waals surface area contributed by atoms with Crippen molar-refractivity contribution >= 4 is 53.0 Å². The van der Waals surface area contributed by atoms with Crippen molar-refractivity contribution in [2.45, 2.75) is 37.6 Å². The van der Waals surface area contributed by atoms with Crippen LogP contribution < -0.4 is 0 Å². The Morgan fingerprint density at radius 2 is 1.78 bits per heavy atom. The molecule has 0 saturated carbocycles. The van der Waals surface area contributed by atoms with E-state index in [1.807, 2.05) is 0 Å². The predicted octanol–water partition coefficient (Wildman–Crippen LogP) is 2.58. The standard InChI is InChI=1S/C14H19ClO6S2/c1-7(2)13(8(3)4)11(17)20-14(21-12(13)18)22-6-10(23-14)19-9(16)5-15/h7-8,10H,5-6H2,1-4H3. The first kappa shape index (κ1) is 18.7. The molecule has 0 N–H and O–H groups in total. The number of halogens is 1. The van der Waals surface area contributed by atoms with Gasteiger partial charge in [0.05, 0.1) is 0 Å². The first-order chi connectivity index (χ1) is 10.7. The zero-order valence-corrected chi connectivity index (χ0v) is 15.7. The van der Waals surface area contributed by atoms with E-state index in [-0.39, 0.29) is 17.7 Å². The fraction of sp³-hybridized carbons (Fsp3) is 0.786. The molecule has 2 saturated heterocycles. The molecule has 130 valence electrons. The van der Waals surface area contributed by atoms with Gasteiger partial charge in [-0.05, 0) is 23.6 Å². The Bertz CT molecular complexity index is 493. The number of thioether (sulfide) groups is 2. The van der Waals surface area contributed by atoms with Crippen LogP contribution in [0.25, 0.3) is 0 Å². The highest BCUT2D eigenvalue weighted by atomic mass is 35.5. The van der Waals surface area contributed by atoms with Gasteiger partial charge in [0.15, 0.2) is 10.9 Å². The Morgan fingerprint density at radius 1 is 1.26 bits per heavy atom. The van der Waals surface area contributed by atoms with Crippen LogP contribution in [-0.2, 0) is 28.6 Å². The third-order valence-corrected chi connectivity index (χ3v) is 7.02. The fourth-order valence-corrected chi connectivity index (χ4v) is 5.59. The van der Waals surface area contributed by atoms with Gasteiger partial charge in [-0.25, -0.2) is 0 Å². The lowest BCUT2D eigenvalue weighted by Gasteiger charge is -2.44. The van der Waals surface area contributed by atoms with Crippen molar-refractivity contribution < 1.29 is 28.6 Å². The van der Waals surface area contributed by atoms with Crippen LogP contribution in [0.4, 0.5) is 0 Å². The zero-order valence-electron chi connectivity index (χ0n) is 13.3. The van der Waals surface area contributed by atoms with E-state index in [9.17, 15) is 14.4 Å². The first-order valence-corrected chi connectivity index (χ1v) is 9.62. The van der Waals surface area contributed by atoms with E-state index in [4.69, 9.17) is 25.8 Å². The molecular formula is C14H19ClO6S2. The van der Waals surface area contributed by atoms with E-state index in [0.29, 0.717) is 5.75 Å². The molecule has 2 rings (SSSR count). The first-order valence-electron chi connectivity index (χ1n) is 7.22. The molecule has 0 bridgehead atoms. The van der Waals surface area contributed by atoms with Crippen LogP contribution in [0.1, 0.15) is 27.7 Å². The topological polar surface area (TPSA) is 78.9 Å². The van der Waals surface area contributed by atoms with Crippen molar-refractivity contribution in [1.82, 2.24) is 0 Å². The average Bonchev–Trinajstić information content (AvgIpc) is 2.79. The summed E-state index contributed by atoms with van der Waals surface area (Å²) < 4.78 is 14.6. The van der Waals surface area contributed by atoms with Crippen LogP contribution in [0.5, 0.6) is 0 Å². The van der Waals surface area contributed by atoms with Gasteiger partial charge in [0, 0.05) is 5.75 Å². The number of hydrogen-bond acceptors (Lipinski definition) is 8. The largest absolute Gasteiger partial charge is 0.449 e. The van der Waals surface area contributed by atoms with Crippen LogP contribution in [-0.4, -0.2) is 39.4 Å². The molecule has 0 amide bonds. The lowest BCUT2D eigenvalue weighted by Crippen LogP contribution is -2.58. The monoisotopic (exact) mass is 382 g/mol. The van der Waals surface area contributed by atoms with Crippen molar-refractivity contribution in [1.29, 1.82) is 0 Å². The van der Waals surface area contributed by atoms with E-state index in [1.165, 1.54) is 0 Å². The number of rotatable bonds is 4. The number of carbonyl (C=O) groups excluding carboxylic acids is 3. The molecule has 0 aromatic heterocycles. The Kier molecular flexibility index (Phi) is 5.48. The van der Waals surface area contributed by atoms with Crippen LogP contribution >= 0.6 is 35.1 Å². The maximum Gasteiger partial charge on any atom is 0.362 e. The molecule has 2 aliphatic heterocycles. The molecule has 0 aliphatic carbocycles. The lowest BCUT2D eigenvalue weighted by atomic mass is 9.68. The number of ether oxygens (including phenoxy) is 3. The fourth-order valence-electron chi connectivity index (χ4n) is 2.85. The Morgan fingerprint density at radius 3 is 2.22 bits per heavy atom. The van der Waals surface area contributed by atoms with Crippen LogP contribution in [0.2, 0.25) is 0 Å². The van der Waals surface area contributed by atoms with Crippen LogP contribution in [0, 0.1) is 17.3 Å². The molecule has 23 heavy (non-hydrogen) atoms. The SMILES string of the molecule is CC(C)C1(C(C)C)C(=O)OC2(OC1=O)SCC(OC(=O)CCl)S2. The summed E-state index contributed by atoms with van der Waals surface area (Å²) >= 11 is 7.50. The Balaban J connectivity index is 2.18. The molecule has 0 radical (unpaired) electrons. The third-order valence-electron chi connectivity index (χ3n) is 3.98. The minimum absolute atomic E-state index is 0.263. The highest BCUT2D eigenvalue weighted by Crippen LogP contribution is 2.56. The van der Waals surface area contributed by atoms with Crippen molar-refractivity contribution in [3.63, 3.8) is 0 Å². The molecule has 9 heteroatoms. The second-order valence-corrected chi connectivity index (χ2v) is 8.92.